The summed E-state index contributed by atoms with van der Waals surface area (Å²) in [7, 11) is 0. The van der Waals surface area contributed by atoms with E-state index in [4.69, 9.17) is 11.6 Å². The van der Waals surface area contributed by atoms with Gasteiger partial charge in [0.05, 0.1) is 12.8 Å². The Bertz CT molecular complexity index is 62.7. The highest BCUT2D eigenvalue weighted by Crippen LogP contribution is 1.77. The van der Waals surface area contributed by atoms with Crippen molar-refractivity contribution in [3.8, 4) is 0 Å². The largest absolute Gasteiger partial charge is 0.464 e. The third-order valence-electron chi connectivity index (χ3n) is 0.340. The number of rotatable bonds is 2. The van der Waals surface area contributed by atoms with E-state index >= 15 is 0 Å². The molecule has 0 aromatic carbocycles. The molecular formula is C4H6ClO2. The van der Waals surface area contributed by atoms with Crippen LogP contribution in [-0.2, 0) is 9.53 Å². The molecule has 0 atom stereocenters. The molecule has 41 valence electrons. The fourth-order valence-corrected chi connectivity index (χ4v) is 0.230. The van der Waals surface area contributed by atoms with Crippen LogP contribution in [0.4, 0.5) is 0 Å². The predicted octanol–water partition coefficient (Wildman–Crippen LogP) is 0.602. The molecule has 0 aromatic rings. The summed E-state index contributed by atoms with van der Waals surface area (Å²) in [6, 6.07) is 0. The molecule has 7 heavy (non-hydrogen) atoms. The molecule has 0 unspecified atom stereocenters. The van der Waals surface area contributed by atoms with Crippen LogP contribution in [0.5, 0.6) is 0 Å². The first-order chi connectivity index (χ1) is 3.27. The van der Waals surface area contributed by atoms with E-state index in [1.54, 1.807) is 0 Å². The highest BCUT2D eigenvalue weighted by molar-refractivity contribution is 6.18. The summed E-state index contributed by atoms with van der Waals surface area (Å²) in [5.41, 5.74) is 0. The van der Waals surface area contributed by atoms with Crippen LogP contribution >= 0.6 is 11.6 Å². The Morgan fingerprint density at radius 3 is 2.57 bits per heavy atom. The summed E-state index contributed by atoms with van der Waals surface area (Å²) in [5.74, 6) is -0.193. The Morgan fingerprint density at radius 1 is 1.86 bits per heavy atom. The van der Waals surface area contributed by atoms with Crippen molar-refractivity contribution in [3.63, 3.8) is 0 Å². The molecule has 0 fully saturated rings. The molecule has 3 heteroatoms. The van der Waals surface area contributed by atoms with Gasteiger partial charge in [0.15, 0.2) is 0 Å². The second-order valence-corrected chi connectivity index (χ2v) is 1.29. The molecule has 0 aliphatic carbocycles. The maximum Gasteiger partial charge on any atom is 0.306 e. The zero-order valence-corrected chi connectivity index (χ0v) is 4.57. The highest BCUT2D eigenvalue weighted by atomic mass is 35.5. The number of hydrogen-bond acceptors (Lipinski definition) is 2. The zero-order chi connectivity index (χ0) is 5.70. The van der Waals surface area contributed by atoms with Gasteiger partial charge in [-0.05, 0) is 0 Å². The maximum absolute atomic E-state index is 9.81. The third kappa shape index (κ3) is 5.76. The molecular weight excluding hydrogens is 115 g/mol. The van der Waals surface area contributed by atoms with E-state index in [1.165, 1.54) is 0 Å². The first-order valence-electron chi connectivity index (χ1n) is 1.82. The molecule has 0 saturated carbocycles. The van der Waals surface area contributed by atoms with Gasteiger partial charge in [0.1, 0.15) is 6.61 Å². The van der Waals surface area contributed by atoms with Gasteiger partial charge >= 0.3 is 5.97 Å². The summed E-state index contributed by atoms with van der Waals surface area (Å²) in [6.07, 6.45) is 0. The topological polar surface area (TPSA) is 26.3 Å². The van der Waals surface area contributed by atoms with Crippen molar-refractivity contribution in [3.05, 3.63) is 6.92 Å². The average Bonchev–Trinajstić information content (AvgIpc) is 1.61. The zero-order valence-electron chi connectivity index (χ0n) is 3.82. The second kappa shape index (κ2) is 3.93. The second-order valence-electron chi connectivity index (χ2n) is 0.909. The standard InChI is InChI=1S/C4H6ClO2/c1-4(6)7-3-2-5/h1-3H2. The number of ether oxygens (including phenoxy) is 1. The van der Waals surface area contributed by atoms with Crippen LogP contribution in [0.15, 0.2) is 0 Å². The van der Waals surface area contributed by atoms with Gasteiger partial charge < -0.3 is 4.74 Å². The van der Waals surface area contributed by atoms with E-state index in [0.717, 1.165) is 0 Å². The lowest BCUT2D eigenvalue weighted by atomic mass is 10.8. The molecule has 0 amide bonds. The van der Waals surface area contributed by atoms with Crippen molar-refractivity contribution in [1.82, 2.24) is 0 Å². The van der Waals surface area contributed by atoms with Gasteiger partial charge in [-0.25, -0.2) is 0 Å². The molecule has 1 radical (unpaired) electrons. The fraction of sp³-hybridized carbons (Fsp3) is 0.500. The fourth-order valence-electron chi connectivity index (χ4n) is 0.152. The number of hydrogen-bond donors (Lipinski definition) is 0. The highest BCUT2D eigenvalue weighted by Gasteiger charge is 1.86. The van der Waals surface area contributed by atoms with Gasteiger partial charge in [0.2, 0.25) is 0 Å². The quantitative estimate of drug-likeness (QED) is 0.395. The van der Waals surface area contributed by atoms with Crippen molar-refractivity contribution in [2.75, 3.05) is 12.5 Å². The minimum absolute atomic E-state index is 0.254. The van der Waals surface area contributed by atoms with Gasteiger partial charge in [-0.1, -0.05) is 0 Å². The molecule has 0 heterocycles. The predicted molar refractivity (Wildman–Crippen MR) is 27.0 cm³/mol. The lowest BCUT2D eigenvalue weighted by molar-refractivity contribution is -0.137. The summed E-state index contributed by atoms with van der Waals surface area (Å²) >= 11 is 5.14. The normalized spacial score (nSPS) is 8.29. The van der Waals surface area contributed by atoms with Crippen LogP contribution in [0.3, 0.4) is 0 Å². The molecule has 0 saturated heterocycles. The Hall–Kier alpha value is -0.240. The first kappa shape index (κ1) is 6.76. The van der Waals surface area contributed by atoms with E-state index < -0.39 is 5.97 Å². The van der Waals surface area contributed by atoms with Crippen LogP contribution in [0, 0.1) is 6.92 Å². The lowest BCUT2D eigenvalue weighted by Crippen LogP contribution is -2.00. The first-order valence-corrected chi connectivity index (χ1v) is 2.35. The third-order valence-corrected chi connectivity index (χ3v) is 0.495. The van der Waals surface area contributed by atoms with Crippen LogP contribution in [0.1, 0.15) is 0 Å². The minimum Gasteiger partial charge on any atom is -0.464 e. The Balaban J connectivity index is 2.82. The molecule has 0 rings (SSSR count). The lowest BCUT2D eigenvalue weighted by Gasteiger charge is -1.92. The summed E-state index contributed by atoms with van der Waals surface area (Å²) in [5, 5.41) is 0. The van der Waals surface area contributed by atoms with Crippen molar-refractivity contribution in [2.45, 2.75) is 0 Å². The smallest absolute Gasteiger partial charge is 0.306 e. The van der Waals surface area contributed by atoms with E-state index in [9.17, 15) is 4.79 Å². The molecule has 0 aliphatic heterocycles. The number of carbonyl (C=O) groups is 1. The minimum atomic E-state index is -0.527. The number of carbonyl (C=O) groups excluding carboxylic acids is 1. The average molecular weight is 122 g/mol. The van der Waals surface area contributed by atoms with Crippen LogP contribution < -0.4 is 0 Å². The number of alkyl halides is 1. The number of halogens is 1. The van der Waals surface area contributed by atoms with Gasteiger partial charge in [-0.3, -0.25) is 4.79 Å². The Labute approximate surface area is 47.4 Å². The van der Waals surface area contributed by atoms with E-state index in [2.05, 4.69) is 11.7 Å². The molecule has 0 aliphatic rings. The summed E-state index contributed by atoms with van der Waals surface area (Å²) in [6.45, 7) is 3.21. The van der Waals surface area contributed by atoms with Crippen LogP contribution in [0.25, 0.3) is 0 Å². The molecule has 0 bridgehead atoms. The summed E-state index contributed by atoms with van der Waals surface area (Å²) in [4.78, 5) is 9.81. The van der Waals surface area contributed by atoms with Crippen molar-refractivity contribution < 1.29 is 9.53 Å². The van der Waals surface area contributed by atoms with Crippen molar-refractivity contribution in [1.29, 1.82) is 0 Å². The SMILES string of the molecule is [CH2]C(=O)OCCCl. The maximum atomic E-state index is 9.81. The molecule has 0 aromatic heterocycles. The van der Waals surface area contributed by atoms with E-state index in [-0.39, 0.29) is 6.61 Å². The summed E-state index contributed by atoms with van der Waals surface area (Å²) < 4.78 is 4.31. The van der Waals surface area contributed by atoms with Gasteiger partial charge in [0, 0.05) is 0 Å². The molecule has 0 N–H and O–H groups in total. The van der Waals surface area contributed by atoms with Gasteiger partial charge in [-0.15, -0.1) is 11.6 Å². The van der Waals surface area contributed by atoms with Crippen molar-refractivity contribution in [2.24, 2.45) is 0 Å². The number of esters is 1. The van der Waals surface area contributed by atoms with Crippen LogP contribution in [-0.4, -0.2) is 18.5 Å². The molecule has 2 nitrogen and oxygen atoms in total. The van der Waals surface area contributed by atoms with Crippen molar-refractivity contribution >= 4 is 17.6 Å². The monoisotopic (exact) mass is 121 g/mol. The van der Waals surface area contributed by atoms with Gasteiger partial charge in [-0.2, -0.15) is 0 Å². The van der Waals surface area contributed by atoms with E-state index in [0.29, 0.717) is 5.88 Å². The van der Waals surface area contributed by atoms with Gasteiger partial charge in [0.25, 0.3) is 0 Å². The Kier molecular flexibility index (Phi) is 3.80. The van der Waals surface area contributed by atoms with E-state index in [1.807, 2.05) is 0 Å². The Morgan fingerprint density at radius 2 is 2.43 bits per heavy atom. The van der Waals surface area contributed by atoms with Crippen LogP contribution in [0.2, 0.25) is 0 Å². The molecule has 0 spiro atoms.